The van der Waals surface area contributed by atoms with Gasteiger partial charge in [0.2, 0.25) is 0 Å². The number of nitrogens with one attached hydrogen (secondary N) is 1. The highest BCUT2D eigenvalue weighted by Crippen LogP contribution is 2.37. The lowest BCUT2D eigenvalue weighted by Crippen LogP contribution is -2.17. The van der Waals surface area contributed by atoms with Crippen molar-refractivity contribution in [2.24, 2.45) is 0 Å². The molecule has 1 unspecified atom stereocenters. The van der Waals surface area contributed by atoms with Crippen LogP contribution in [0.2, 0.25) is 0 Å². The van der Waals surface area contributed by atoms with Gasteiger partial charge in [-0.1, -0.05) is 36.8 Å². The normalized spacial score (nSPS) is 16.6. The maximum atomic E-state index is 3.50. The van der Waals surface area contributed by atoms with Crippen LogP contribution in [0.3, 0.4) is 0 Å². The lowest BCUT2D eigenvalue weighted by atomic mass is 9.79. The number of hydrogen-bond acceptors (Lipinski definition) is 2. The molecule has 1 aromatic heterocycles. The molecule has 0 amide bonds. The minimum Gasteiger partial charge on any atom is -0.313 e. The third kappa shape index (κ3) is 3.75. The Balaban J connectivity index is 1.59. The van der Waals surface area contributed by atoms with Gasteiger partial charge in [-0.25, -0.2) is 0 Å². The van der Waals surface area contributed by atoms with Crippen molar-refractivity contribution in [1.29, 1.82) is 0 Å². The van der Waals surface area contributed by atoms with Gasteiger partial charge >= 0.3 is 0 Å². The Kier molecular flexibility index (Phi) is 5.10. The quantitative estimate of drug-likeness (QED) is 0.731. The summed E-state index contributed by atoms with van der Waals surface area (Å²) in [5.41, 5.74) is 3.02. The van der Waals surface area contributed by atoms with Crippen molar-refractivity contribution in [1.82, 2.24) is 5.32 Å². The van der Waals surface area contributed by atoms with Gasteiger partial charge in [0.15, 0.2) is 0 Å². The van der Waals surface area contributed by atoms with Crippen LogP contribution >= 0.6 is 11.3 Å². The van der Waals surface area contributed by atoms with Gasteiger partial charge in [-0.2, -0.15) is 0 Å². The highest BCUT2D eigenvalue weighted by atomic mass is 32.1. The third-order valence-electron chi connectivity index (χ3n) is 4.73. The number of hydrogen-bond donors (Lipinski definition) is 1. The van der Waals surface area contributed by atoms with Crippen LogP contribution < -0.4 is 5.32 Å². The second kappa shape index (κ2) is 7.24. The van der Waals surface area contributed by atoms with E-state index in [4.69, 9.17) is 0 Å². The predicted molar refractivity (Wildman–Crippen MR) is 92.1 cm³/mol. The van der Waals surface area contributed by atoms with Gasteiger partial charge in [0.25, 0.3) is 0 Å². The number of thiophene rings is 1. The Bertz CT molecular complexity index is 542. The van der Waals surface area contributed by atoms with E-state index < -0.39 is 0 Å². The molecule has 0 radical (unpaired) electrons. The van der Waals surface area contributed by atoms with Crippen molar-refractivity contribution >= 4 is 11.3 Å². The Morgan fingerprint density at radius 3 is 2.81 bits per heavy atom. The summed E-state index contributed by atoms with van der Waals surface area (Å²) in [5, 5.41) is 5.68. The largest absolute Gasteiger partial charge is 0.313 e. The summed E-state index contributed by atoms with van der Waals surface area (Å²) in [7, 11) is 2.09. The smallest absolute Gasteiger partial charge is 0.0317 e. The van der Waals surface area contributed by atoms with Gasteiger partial charge < -0.3 is 5.32 Å². The lowest BCUT2D eigenvalue weighted by Gasteiger charge is -2.27. The summed E-state index contributed by atoms with van der Waals surface area (Å²) in [4.78, 5) is 1.51. The van der Waals surface area contributed by atoms with Gasteiger partial charge in [0.1, 0.15) is 0 Å². The number of benzene rings is 1. The lowest BCUT2D eigenvalue weighted by molar-refractivity contribution is 0.418. The molecule has 1 saturated carbocycles. The van der Waals surface area contributed by atoms with Crippen LogP contribution in [-0.2, 0) is 6.42 Å². The fourth-order valence-corrected chi connectivity index (χ4v) is 3.94. The molecule has 2 aromatic rings. The monoisotopic (exact) mass is 299 g/mol. The fraction of sp³-hybridized carbons (Fsp3) is 0.474. The van der Waals surface area contributed by atoms with Gasteiger partial charge in [-0.15, -0.1) is 11.3 Å². The standard InChI is InChI=1S/C19H25NS/c1-20-19(12-4-10-18-11-5-13-21-18)17-9-3-8-16(14-17)15-6-2-7-15/h3,5,8-9,11,13-15,19-20H,2,4,6-7,10,12H2,1H3. The average molecular weight is 299 g/mol. The van der Waals surface area contributed by atoms with Gasteiger partial charge in [0.05, 0.1) is 0 Å². The van der Waals surface area contributed by atoms with E-state index in [1.807, 2.05) is 11.3 Å². The molecule has 1 heterocycles. The second-order valence-electron chi connectivity index (χ2n) is 6.11. The van der Waals surface area contributed by atoms with Crippen molar-refractivity contribution in [2.45, 2.75) is 50.5 Å². The molecule has 1 N–H and O–H groups in total. The maximum Gasteiger partial charge on any atom is 0.0317 e. The third-order valence-corrected chi connectivity index (χ3v) is 5.67. The number of rotatable bonds is 7. The van der Waals surface area contributed by atoms with E-state index in [0.29, 0.717) is 6.04 Å². The van der Waals surface area contributed by atoms with Gasteiger partial charge in [-0.05, 0) is 67.6 Å². The van der Waals surface area contributed by atoms with Crippen molar-refractivity contribution in [3.63, 3.8) is 0 Å². The SMILES string of the molecule is CNC(CCCc1cccs1)c1cccc(C2CCC2)c1. The fourth-order valence-electron chi connectivity index (χ4n) is 3.18. The van der Waals surface area contributed by atoms with Crippen molar-refractivity contribution in [2.75, 3.05) is 7.05 Å². The zero-order valence-corrected chi connectivity index (χ0v) is 13.7. The highest BCUT2D eigenvalue weighted by molar-refractivity contribution is 7.09. The first kappa shape index (κ1) is 14.8. The van der Waals surface area contributed by atoms with E-state index in [9.17, 15) is 0 Å². The molecule has 2 heteroatoms. The Morgan fingerprint density at radius 1 is 1.24 bits per heavy atom. The molecule has 0 bridgehead atoms. The summed E-state index contributed by atoms with van der Waals surface area (Å²) in [5.74, 6) is 0.827. The topological polar surface area (TPSA) is 12.0 Å². The molecule has 1 nitrogen and oxygen atoms in total. The molecule has 0 aliphatic heterocycles. The molecule has 0 saturated heterocycles. The van der Waals surface area contributed by atoms with Crippen LogP contribution in [0, 0.1) is 0 Å². The second-order valence-corrected chi connectivity index (χ2v) is 7.14. The van der Waals surface area contributed by atoms with Crippen LogP contribution in [0.1, 0.15) is 60.1 Å². The summed E-state index contributed by atoms with van der Waals surface area (Å²) < 4.78 is 0. The minimum atomic E-state index is 0.491. The molecule has 112 valence electrons. The summed E-state index contributed by atoms with van der Waals surface area (Å²) in [6.07, 6.45) is 7.84. The molecule has 1 atom stereocenters. The zero-order valence-electron chi connectivity index (χ0n) is 12.8. The number of aryl methyl sites for hydroxylation is 1. The predicted octanol–water partition coefficient (Wildman–Crippen LogP) is 5.30. The summed E-state index contributed by atoms with van der Waals surface area (Å²) >= 11 is 1.87. The minimum absolute atomic E-state index is 0.491. The first-order valence-corrected chi connectivity index (χ1v) is 9.04. The molecular formula is C19H25NS. The highest BCUT2D eigenvalue weighted by Gasteiger charge is 2.20. The molecule has 1 aliphatic carbocycles. The van der Waals surface area contributed by atoms with Crippen LogP contribution in [0.15, 0.2) is 41.8 Å². The first-order chi connectivity index (χ1) is 10.4. The molecule has 21 heavy (non-hydrogen) atoms. The zero-order chi connectivity index (χ0) is 14.5. The molecule has 1 fully saturated rings. The Morgan fingerprint density at radius 2 is 2.14 bits per heavy atom. The van der Waals surface area contributed by atoms with Crippen LogP contribution in [-0.4, -0.2) is 7.05 Å². The van der Waals surface area contributed by atoms with Gasteiger partial charge in [-0.3, -0.25) is 0 Å². The van der Waals surface area contributed by atoms with Crippen LogP contribution in [0.5, 0.6) is 0 Å². The summed E-state index contributed by atoms with van der Waals surface area (Å²) in [6, 6.07) is 14.2. The van der Waals surface area contributed by atoms with Crippen molar-refractivity contribution in [3.8, 4) is 0 Å². The van der Waals surface area contributed by atoms with Crippen LogP contribution in [0.4, 0.5) is 0 Å². The Labute approximate surface area is 132 Å². The van der Waals surface area contributed by atoms with E-state index in [1.54, 1.807) is 5.56 Å². The first-order valence-electron chi connectivity index (χ1n) is 8.16. The van der Waals surface area contributed by atoms with E-state index in [2.05, 4.69) is 54.1 Å². The van der Waals surface area contributed by atoms with E-state index in [-0.39, 0.29) is 0 Å². The van der Waals surface area contributed by atoms with Crippen molar-refractivity contribution in [3.05, 3.63) is 57.8 Å². The molecule has 0 spiro atoms. The Hall–Kier alpha value is -1.12. The molecule has 1 aromatic carbocycles. The maximum absolute atomic E-state index is 3.50. The average Bonchev–Trinajstić information content (AvgIpc) is 2.95. The summed E-state index contributed by atoms with van der Waals surface area (Å²) in [6.45, 7) is 0. The van der Waals surface area contributed by atoms with Gasteiger partial charge in [0, 0.05) is 10.9 Å². The van der Waals surface area contributed by atoms with Crippen LogP contribution in [0.25, 0.3) is 0 Å². The van der Waals surface area contributed by atoms with E-state index in [0.717, 1.165) is 5.92 Å². The van der Waals surface area contributed by atoms with E-state index in [1.165, 1.54) is 49.0 Å². The molecule has 3 rings (SSSR count). The molecular weight excluding hydrogens is 274 g/mol. The van der Waals surface area contributed by atoms with E-state index >= 15 is 0 Å². The molecule has 1 aliphatic rings. The van der Waals surface area contributed by atoms with Crippen molar-refractivity contribution < 1.29 is 0 Å².